The SMILES string of the molecule is O=C1C[C@H](c2noc(C3CC3)n2)CN1CC1CC1. The summed E-state index contributed by atoms with van der Waals surface area (Å²) in [4.78, 5) is 18.4. The first-order chi connectivity index (χ1) is 8.79. The predicted molar refractivity (Wildman–Crippen MR) is 62.9 cm³/mol. The summed E-state index contributed by atoms with van der Waals surface area (Å²) < 4.78 is 5.27. The average molecular weight is 247 g/mol. The first kappa shape index (κ1) is 10.5. The van der Waals surface area contributed by atoms with Crippen molar-refractivity contribution in [3.63, 3.8) is 0 Å². The van der Waals surface area contributed by atoms with Gasteiger partial charge in [0.2, 0.25) is 11.8 Å². The number of nitrogens with zero attached hydrogens (tertiary/aromatic N) is 3. The fourth-order valence-electron chi connectivity index (χ4n) is 2.64. The molecule has 0 N–H and O–H groups in total. The molecule has 0 bridgehead atoms. The van der Waals surface area contributed by atoms with Gasteiger partial charge in [0, 0.05) is 31.3 Å². The van der Waals surface area contributed by atoms with Gasteiger partial charge in [-0.1, -0.05) is 5.16 Å². The molecule has 2 heterocycles. The van der Waals surface area contributed by atoms with Crippen molar-refractivity contribution in [2.45, 2.75) is 43.9 Å². The fourth-order valence-corrected chi connectivity index (χ4v) is 2.64. The van der Waals surface area contributed by atoms with Crippen LogP contribution in [0.25, 0.3) is 0 Å². The monoisotopic (exact) mass is 247 g/mol. The van der Waals surface area contributed by atoms with Crippen LogP contribution in [-0.2, 0) is 4.79 Å². The minimum atomic E-state index is 0.146. The quantitative estimate of drug-likeness (QED) is 0.812. The second-order valence-corrected chi connectivity index (χ2v) is 5.91. The molecule has 1 saturated heterocycles. The van der Waals surface area contributed by atoms with Crippen molar-refractivity contribution in [2.24, 2.45) is 5.92 Å². The Morgan fingerprint density at radius 3 is 2.78 bits per heavy atom. The Morgan fingerprint density at radius 2 is 2.06 bits per heavy atom. The van der Waals surface area contributed by atoms with Gasteiger partial charge in [-0.2, -0.15) is 4.98 Å². The molecule has 1 aromatic rings. The van der Waals surface area contributed by atoms with Crippen LogP contribution in [-0.4, -0.2) is 34.0 Å². The number of amides is 1. The first-order valence-electron chi connectivity index (χ1n) is 6.91. The number of aromatic nitrogens is 2. The molecular weight excluding hydrogens is 230 g/mol. The van der Waals surface area contributed by atoms with Crippen LogP contribution in [0.5, 0.6) is 0 Å². The molecule has 5 heteroatoms. The Morgan fingerprint density at radius 1 is 1.22 bits per heavy atom. The van der Waals surface area contributed by atoms with Crippen molar-refractivity contribution in [3.05, 3.63) is 11.7 Å². The minimum Gasteiger partial charge on any atom is -0.342 e. The average Bonchev–Trinajstić information content (AvgIpc) is 3.27. The minimum absolute atomic E-state index is 0.146. The highest BCUT2D eigenvalue weighted by atomic mass is 16.5. The lowest BCUT2D eigenvalue weighted by molar-refractivity contribution is -0.127. The highest BCUT2D eigenvalue weighted by Gasteiger charge is 2.37. The van der Waals surface area contributed by atoms with Crippen molar-refractivity contribution >= 4 is 5.91 Å². The lowest BCUT2D eigenvalue weighted by Crippen LogP contribution is -2.27. The van der Waals surface area contributed by atoms with Gasteiger partial charge in [-0.05, 0) is 31.6 Å². The maximum atomic E-state index is 11.9. The van der Waals surface area contributed by atoms with Crippen LogP contribution in [0.3, 0.4) is 0 Å². The van der Waals surface area contributed by atoms with Crippen molar-refractivity contribution in [3.8, 4) is 0 Å². The summed E-state index contributed by atoms with van der Waals surface area (Å²) in [5, 5.41) is 4.06. The van der Waals surface area contributed by atoms with Gasteiger partial charge in [-0.25, -0.2) is 0 Å². The number of carbonyl (C=O) groups is 1. The third kappa shape index (κ3) is 1.91. The molecule has 1 amide bonds. The summed E-state index contributed by atoms with van der Waals surface area (Å²) >= 11 is 0. The molecule has 5 nitrogen and oxygen atoms in total. The molecule has 3 fully saturated rings. The summed E-state index contributed by atoms with van der Waals surface area (Å²) in [6.07, 6.45) is 5.44. The third-order valence-corrected chi connectivity index (χ3v) is 4.14. The Labute approximate surface area is 106 Å². The summed E-state index contributed by atoms with van der Waals surface area (Å²) in [6.45, 7) is 1.71. The summed E-state index contributed by atoms with van der Waals surface area (Å²) in [7, 11) is 0. The van der Waals surface area contributed by atoms with Crippen LogP contribution in [0.4, 0.5) is 0 Å². The van der Waals surface area contributed by atoms with E-state index in [2.05, 4.69) is 10.1 Å². The second kappa shape index (κ2) is 3.80. The molecule has 2 saturated carbocycles. The van der Waals surface area contributed by atoms with Crippen molar-refractivity contribution < 1.29 is 9.32 Å². The molecule has 0 unspecified atom stereocenters. The lowest BCUT2D eigenvalue weighted by Gasteiger charge is -2.14. The zero-order valence-electron chi connectivity index (χ0n) is 10.3. The lowest BCUT2D eigenvalue weighted by atomic mass is 10.1. The summed E-state index contributed by atoms with van der Waals surface area (Å²) in [5.41, 5.74) is 0. The van der Waals surface area contributed by atoms with Gasteiger partial charge in [0.05, 0.1) is 0 Å². The van der Waals surface area contributed by atoms with Crippen molar-refractivity contribution in [2.75, 3.05) is 13.1 Å². The van der Waals surface area contributed by atoms with Crippen LogP contribution in [0.15, 0.2) is 4.52 Å². The molecule has 96 valence electrons. The van der Waals surface area contributed by atoms with Gasteiger partial charge < -0.3 is 9.42 Å². The van der Waals surface area contributed by atoms with Gasteiger partial charge in [0.15, 0.2) is 5.82 Å². The number of rotatable bonds is 4. The topological polar surface area (TPSA) is 59.2 Å². The summed E-state index contributed by atoms with van der Waals surface area (Å²) in [5.74, 6) is 3.16. The molecule has 0 radical (unpaired) electrons. The van der Waals surface area contributed by atoms with Crippen LogP contribution in [0.2, 0.25) is 0 Å². The Hall–Kier alpha value is -1.39. The van der Waals surface area contributed by atoms with E-state index in [4.69, 9.17) is 4.52 Å². The largest absolute Gasteiger partial charge is 0.342 e. The highest BCUT2D eigenvalue weighted by Crippen LogP contribution is 2.40. The molecule has 1 aromatic heterocycles. The van der Waals surface area contributed by atoms with Crippen LogP contribution < -0.4 is 0 Å². The van der Waals surface area contributed by atoms with E-state index >= 15 is 0 Å². The Kier molecular flexibility index (Phi) is 2.22. The van der Waals surface area contributed by atoms with E-state index in [0.29, 0.717) is 12.3 Å². The molecule has 1 aliphatic heterocycles. The third-order valence-electron chi connectivity index (χ3n) is 4.14. The van der Waals surface area contributed by atoms with Crippen LogP contribution >= 0.6 is 0 Å². The maximum Gasteiger partial charge on any atom is 0.229 e. The van der Waals surface area contributed by atoms with Gasteiger partial charge in [0.1, 0.15) is 0 Å². The molecule has 0 aromatic carbocycles. The molecule has 3 aliphatic rings. The zero-order chi connectivity index (χ0) is 12.1. The number of hydrogen-bond acceptors (Lipinski definition) is 4. The first-order valence-corrected chi connectivity index (χ1v) is 6.91. The van der Waals surface area contributed by atoms with E-state index in [1.54, 1.807) is 0 Å². The van der Waals surface area contributed by atoms with Gasteiger partial charge in [-0.15, -0.1) is 0 Å². The van der Waals surface area contributed by atoms with Crippen LogP contribution in [0.1, 0.15) is 55.7 Å². The fraction of sp³-hybridized carbons (Fsp3) is 0.769. The van der Waals surface area contributed by atoms with Crippen molar-refractivity contribution in [1.29, 1.82) is 0 Å². The number of likely N-dealkylation sites (tertiary alicyclic amines) is 1. The van der Waals surface area contributed by atoms with E-state index in [0.717, 1.165) is 30.7 Å². The number of hydrogen-bond donors (Lipinski definition) is 0. The van der Waals surface area contributed by atoms with Gasteiger partial charge >= 0.3 is 0 Å². The molecule has 1 atom stereocenters. The van der Waals surface area contributed by atoms with Gasteiger partial charge in [0.25, 0.3) is 0 Å². The second-order valence-electron chi connectivity index (χ2n) is 5.91. The van der Waals surface area contributed by atoms with E-state index in [-0.39, 0.29) is 11.8 Å². The smallest absolute Gasteiger partial charge is 0.229 e. The summed E-state index contributed by atoms with van der Waals surface area (Å²) in [6, 6.07) is 0. The highest BCUT2D eigenvalue weighted by molar-refractivity contribution is 5.79. The maximum absolute atomic E-state index is 11.9. The molecular formula is C13H17N3O2. The Bertz CT molecular complexity index is 476. The van der Waals surface area contributed by atoms with Gasteiger partial charge in [-0.3, -0.25) is 4.79 Å². The van der Waals surface area contributed by atoms with E-state index < -0.39 is 0 Å². The van der Waals surface area contributed by atoms with E-state index in [9.17, 15) is 4.79 Å². The molecule has 0 spiro atoms. The normalized spacial score (nSPS) is 28.1. The molecule has 18 heavy (non-hydrogen) atoms. The Balaban J connectivity index is 1.45. The molecule has 4 rings (SSSR count). The standard InChI is InChI=1S/C13H17N3O2/c17-11-5-10(7-16(11)6-8-1-2-8)12-14-13(18-15-12)9-3-4-9/h8-10H,1-7H2/t10-/m0/s1. The van der Waals surface area contributed by atoms with Crippen LogP contribution in [0, 0.1) is 5.92 Å². The number of carbonyl (C=O) groups excluding carboxylic acids is 1. The molecule has 2 aliphatic carbocycles. The zero-order valence-corrected chi connectivity index (χ0v) is 10.3. The van der Waals surface area contributed by atoms with E-state index in [1.165, 1.54) is 25.7 Å². The van der Waals surface area contributed by atoms with E-state index in [1.807, 2.05) is 4.90 Å². The predicted octanol–water partition coefficient (Wildman–Crippen LogP) is 1.67. The van der Waals surface area contributed by atoms with Crippen molar-refractivity contribution in [1.82, 2.24) is 15.0 Å².